The van der Waals surface area contributed by atoms with Crippen LogP contribution in [0.2, 0.25) is 0 Å². The highest BCUT2D eigenvalue weighted by molar-refractivity contribution is 9.10. The predicted octanol–water partition coefficient (Wildman–Crippen LogP) is 22.4. The minimum absolute atomic E-state index is 0.0369. The van der Waals surface area contributed by atoms with Crippen molar-refractivity contribution in [1.29, 1.82) is 0 Å². The number of aromatic amines is 2. The normalized spacial score (nSPS) is 13.7. The van der Waals surface area contributed by atoms with Crippen LogP contribution in [0.4, 0.5) is 0 Å². The van der Waals surface area contributed by atoms with Crippen molar-refractivity contribution in [1.82, 2.24) is 24.5 Å². The van der Waals surface area contributed by atoms with Gasteiger partial charge in [0.25, 0.3) is 0 Å². The zero-order valence-corrected chi connectivity index (χ0v) is 56.1. The maximum atomic E-state index is 6.08. The molecule has 9 aromatic carbocycles. The lowest BCUT2D eigenvalue weighted by molar-refractivity contribution is 0.566. The second-order valence-corrected chi connectivity index (χ2v) is 30.3. The van der Waals surface area contributed by atoms with Crippen molar-refractivity contribution in [2.24, 2.45) is 0 Å². The van der Waals surface area contributed by atoms with Gasteiger partial charge < -0.3 is 14.5 Å². The van der Waals surface area contributed by atoms with Gasteiger partial charge in [-0.25, -0.2) is 4.98 Å². The summed E-state index contributed by atoms with van der Waals surface area (Å²) in [6, 6.07) is 50.1. The number of nitrogens with one attached hydrogen (secondary N) is 2. The van der Waals surface area contributed by atoms with Crippen molar-refractivity contribution < 1.29 is 0 Å². The van der Waals surface area contributed by atoms with Gasteiger partial charge in [-0.2, -0.15) is 0 Å². The quantitative estimate of drug-likeness (QED) is 0.129. The molecule has 6 heteroatoms. The van der Waals surface area contributed by atoms with Crippen LogP contribution in [0.3, 0.4) is 0 Å². The van der Waals surface area contributed by atoms with Crippen molar-refractivity contribution in [3.05, 3.63) is 222 Å². The lowest BCUT2D eigenvalue weighted by Crippen LogP contribution is -2.17. The molecule has 0 amide bonds. The van der Waals surface area contributed by atoms with Crippen molar-refractivity contribution in [2.75, 3.05) is 0 Å². The summed E-state index contributed by atoms with van der Waals surface area (Å²) in [6.45, 7) is 35.3. The fraction of sp³-hybridized carbons (Fsp3) is 0.277. The molecule has 2 N–H and O–H groups in total. The first-order valence-electron chi connectivity index (χ1n) is 32.2. The number of H-pyrrole nitrogens is 2. The van der Waals surface area contributed by atoms with Gasteiger partial charge in [-0.3, -0.25) is 4.98 Å². The SMILES string of the molecule is Cc1cc(C)c(-c2c3nc(c(-c4cc5c6c7c4cccc7c4cccc7c(-c8ccc(C(C)(C)C)cc8)cc(c6c74)n5Cc4cc(C(C)(C)C)cc(C(C)(C)C)c4)c4ccc([nH]4)c(-c4c(C)cc(C)cc4C)c4nc(c(Br)c5[nH]c2CC5)C=C4)CC3)c(C)c1. The van der Waals surface area contributed by atoms with Gasteiger partial charge in [0.15, 0.2) is 0 Å². The first-order valence-corrected chi connectivity index (χ1v) is 33.0. The van der Waals surface area contributed by atoms with Crippen LogP contribution >= 0.6 is 15.9 Å². The zero-order valence-electron chi connectivity index (χ0n) is 54.5. The van der Waals surface area contributed by atoms with Crippen LogP contribution in [0.1, 0.15) is 152 Å². The monoisotopic (exact) mass is 1230 g/mol. The molecule has 0 radical (unpaired) electrons. The number of benzene rings is 9. The summed E-state index contributed by atoms with van der Waals surface area (Å²) in [7, 11) is 0. The molecule has 0 saturated carbocycles. The van der Waals surface area contributed by atoms with E-state index < -0.39 is 0 Å². The summed E-state index contributed by atoms with van der Waals surface area (Å²) < 4.78 is 3.70. The Hall–Kier alpha value is -8.32. The first-order chi connectivity index (χ1) is 42.4. The number of hydrogen-bond acceptors (Lipinski definition) is 2. The van der Waals surface area contributed by atoms with Crippen LogP contribution in [-0.2, 0) is 48.5 Å². The molecule has 89 heavy (non-hydrogen) atoms. The van der Waals surface area contributed by atoms with Crippen LogP contribution in [-0.4, -0.2) is 24.5 Å². The number of aromatic nitrogens is 5. The number of rotatable bonds is 6. The van der Waals surface area contributed by atoms with Gasteiger partial charge in [0.05, 0.1) is 38.3 Å². The molecule has 444 valence electrons. The number of halogens is 1. The Morgan fingerprint density at radius 2 is 0.910 bits per heavy atom. The second kappa shape index (κ2) is 20.4. The van der Waals surface area contributed by atoms with Crippen LogP contribution in [0.15, 0.2) is 132 Å². The number of fused-ring (bicyclic) bond motifs is 9. The molecule has 0 unspecified atom stereocenters. The average molecular weight is 1230 g/mol. The smallest absolute Gasteiger partial charge is 0.0797 e. The Labute approximate surface area is 532 Å². The second-order valence-electron chi connectivity index (χ2n) is 29.5. The molecule has 12 aromatic rings. The van der Waals surface area contributed by atoms with Gasteiger partial charge in [0.1, 0.15) is 0 Å². The largest absolute Gasteiger partial charge is 0.361 e. The van der Waals surface area contributed by atoms with E-state index in [1.807, 2.05) is 0 Å². The fourth-order valence-corrected chi connectivity index (χ4v) is 16.3. The van der Waals surface area contributed by atoms with E-state index in [0.717, 1.165) is 80.8 Å². The van der Waals surface area contributed by atoms with E-state index in [-0.39, 0.29) is 16.2 Å². The summed E-state index contributed by atoms with van der Waals surface area (Å²) in [5.41, 5.74) is 33.5. The highest BCUT2D eigenvalue weighted by Gasteiger charge is 2.31. The fourth-order valence-electron chi connectivity index (χ4n) is 15.8. The Kier molecular flexibility index (Phi) is 13.1. The number of hydrogen-bond donors (Lipinski definition) is 2. The van der Waals surface area contributed by atoms with Crippen LogP contribution in [0.5, 0.6) is 0 Å². The lowest BCUT2D eigenvalue weighted by Gasteiger charge is -2.26. The summed E-state index contributed by atoms with van der Waals surface area (Å²) in [5, 5.41) is 10.4. The van der Waals surface area contributed by atoms with E-state index >= 15 is 0 Å². The molecule has 3 aromatic heterocycles. The minimum atomic E-state index is -0.0469. The average Bonchev–Trinajstić information content (AvgIpc) is 1.67. The Bertz CT molecular complexity index is 5140. The van der Waals surface area contributed by atoms with Crippen molar-refractivity contribution in [2.45, 2.75) is 152 Å². The molecular formula is C83H80BrN5. The Morgan fingerprint density at radius 3 is 1.47 bits per heavy atom. The molecule has 0 aliphatic carbocycles. The number of nitrogens with zero attached hydrogens (tertiary/aromatic N) is 3. The topological polar surface area (TPSA) is 62.3 Å². The predicted molar refractivity (Wildman–Crippen MR) is 383 cm³/mol. The Morgan fingerprint density at radius 1 is 0.427 bits per heavy atom. The lowest BCUT2D eigenvalue weighted by atomic mass is 9.79. The molecular weight excluding hydrogens is 1150 g/mol. The van der Waals surface area contributed by atoms with E-state index in [4.69, 9.17) is 9.97 Å². The third-order valence-corrected chi connectivity index (χ3v) is 20.8. The van der Waals surface area contributed by atoms with Gasteiger partial charge in [0.2, 0.25) is 0 Å². The van der Waals surface area contributed by atoms with E-state index in [0.29, 0.717) is 6.54 Å². The summed E-state index contributed by atoms with van der Waals surface area (Å²) in [4.78, 5) is 19.9. The standard InChI is InChI=1S/C83H80BrN5/c1-44-34-46(3)71(47(4)35-44)76-63-28-26-61(85-63)75(62-27-29-64(86-62)77(72-48(5)36-45(2)37-49(72)6)66-31-33-68(88-66)80(84)67-32-30-65(76)87-67)60-42-70-79-74-56(19-17-21-58(60)74)55-18-16-20-57-59(51-22-24-52(25-23-51)81(7,8)9)41-69(78(79)73(55)57)89(70)43-50-38-53(82(10,11)12)40-54(39-50)83(13,14)15/h16-26,28,30,32,34-42,85,88H,27,29,31,33,43H2,1-15H3. The molecule has 0 atom stereocenters. The van der Waals surface area contributed by atoms with Crippen LogP contribution < -0.4 is 0 Å². The Balaban J connectivity index is 1.12. The highest BCUT2D eigenvalue weighted by atomic mass is 79.9. The molecule has 0 saturated heterocycles. The molecule has 3 aliphatic rings. The maximum Gasteiger partial charge on any atom is 0.0797 e. The number of aryl methyl sites for hydroxylation is 10. The van der Waals surface area contributed by atoms with Gasteiger partial charge >= 0.3 is 0 Å². The van der Waals surface area contributed by atoms with Gasteiger partial charge in [0, 0.05) is 67.2 Å². The van der Waals surface area contributed by atoms with Gasteiger partial charge in [-0.15, -0.1) is 0 Å². The molecule has 15 rings (SSSR count). The van der Waals surface area contributed by atoms with Crippen LogP contribution in [0, 0.1) is 41.5 Å². The van der Waals surface area contributed by atoms with Crippen molar-refractivity contribution in [3.63, 3.8) is 0 Å². The summed E-state index contributed by atoms with van der Waals surface area (Å²) >= 11 is 4.13. The zero-order chi connectivity index (χ0) is 62.1. The minimum Gasteiger partial charge on any atom is -0.361 e. The van der Waals surface area contributed by atoms with Gasteiger partial charge in [-0.05, 0) is 230 Å². The molecule has 5 nitrogen and oxygen atoms in total. The van der Waals surface area contributed by atoms with Gasteiger partial charge in [-0.1, -0.05) is 177 Å². The molecule has 0 fully saturated rings. The van der Waals surface area contributed by atoms with Crippen molar-refractivity contribution >= 4 is 93.2 Å². The van der Waals surface area contributed by atoms with E-state index in [1.165, 1.54) is 149 Å². The summed E-state index contributed by atoms with van der Waals surface area (Å²) in [5.74, 6) is 0. The third-order valence-electron chi connectivity index (χ3n) is 19.9. The third kappa shape index (κ3) is 9.28. The summed E-state index contributed by atoms with van der Waals surface area (Å²) in [6.07, 6.45) is 7.73. The highest BCUT2D eigenvalue weighted by Crippen LogP contribution is 2.53. The maximum absolute atomic E-state index is 6.08. The van der Waals surface area contributed by atoms with E-state index in [1.54, 1.807) is 0 Å². The van der Waals surface area contributed by atoms with E-state index in [9.17, 15) is 0 Å². The molecule has 8 bridgehead atoms. The molecule has 6 heterocycles. The van der Waals surface area contributed by atoms with Crippen molar-refractivity contribution in [3.8, 4) is 44.5 Å². The van der Waals surface area contributed by atoms with Crippen LogP contribution in [0.25, 0.3) is 122 Å². The first kappa shape index (κ1) is 57.1. The molecule has 0 spiro atoms. The van der Waals surface area contributed by atoms with E-state index in [2.05, 4.69) is 274 Å². The molecule has 3 aliphatic heterocycles.